The molecule has 0 bridgehead atoms. The molecule has 1 aliphatic rings. The van der Waals surface area contributed by atoms with E-state index < -0.39 is 17.7 Å². The lowest BCUT2D eigenvalue weighted by Crippen LogP contribution is -2.27. The number of nitrogens with one attached hydrogen (secondary N) is 1. The second kappa shape index (κ2) is 6.16. The largest absolute Gasteiger partial charge is 0.345 e. The van der Waals surface area contributed by atoms with Crippen molar-refractivity contribution in [3.05, 3.63) is 58.4 Å². The zero-order chi connectivity index (χ0) is 18.4. The maximum absolute atomic E-state index is 13.5. The lowest BCUT2D eigenvalue weighted by atomic mass is 10.0. The van der Waals surface area contributed by atoms with Crippen molar-refractivity contribution in [3.8, 4) is 0 Å². The number of carbonyl (C=O) groups excluding carboxylic acids is 1. The van der Waals surface area contributed by atoms with Crippen molar-refractivity contribution in [2.45, 2.75) is 38.6 Å². The van der Waals surface area contributed by atoms with Gasteiger partial charge in [0.05, 0.1) is 22.7 Å². The lowest BCUT2D eigenvalue weighted by molar-refractivity contribution is 0.0941. The van der Waals surface area contributed by atoms with Gasteiger partial charge >= 0.3 is 0 Å². The maximum Gasteiger partial charge on any atom is 0.259 e. The minimum Gasteiger partial charge on any atom is -0.345 e. The van der Waals surface area contributed by atoms with Gasteiger partial charge in [0.15, 0.2) is 11.6 Å². The molecule has 1 aliphatic carbocycles. The summed E-state index contributed by atoms with van der Waals surface area (Å²) in [7, 11) is 0. The Morgan fingerprint density at radius 2 is 2.04 bits per heavy atom. The molecule has 3 aromatic rings. The molecular formula is C19H17F2N3O2. The highest BCUT2D eigenvalue weighted by Crippen LogP contribution is 2.40. The molecule has 0 spiro atoms. The van der Waals surface area contributed by atoms with Crippen LogP contribution < -0.4 is 5.32 Å². The van der Waals surface area contributed by atoms with Crippen LogP contribution in [0, 0.1) is 18.6 Å². The average Bonchev–Trinajstić information content (AvgIpc) is 3.40. The van der Waals surface area contributed by atoms with Gasteiger partial charge in [-0.15, -0.1) is 0 Å². The molecule has 1 N–H and O–H groups in total. The normalized spacial score (nSPS) is 15.2. The smallest absolute Gasteiger partial charge is 0.259 e. The monoisotopic (exact) mass is 357 g/mol. The first-order valence-corrected chi connectivity index (χ1v) is 8.46. The molecule has 5 nitrogen and oxygen atoms in total. The molecule has 4 rings (SSSR count). The van der Waals surface area contributed by atoms with Crippen LogP contribution in [0.3, 0.4) is 0 Å². The zero-order valence-corrected chi connectivity index (χ0v) is 14.3. The summed E-state index contributed by atoms with van der Waals surface area (Å²) in [6.45, 7) is 3.46. The average molecular weight is 357 g/mol. The van der Waals surface area contributed by atoms with Gasteiger partial charge in [-0.2, -0.15) is 0 Å². The van der Waals surface area contributed by atoms with E-state index in [2.05, 4.69) is 15.5 Å². The lowest BCUT2D eigenvalue weighted by Gasteiger charge is -2.15. The van der Waals surface area contributed by atoms with E-state index in [-0.39, 0.29) is 5.91 Å². The minimum absolute atomic E-state index is 0.331. The molecule has 1 saturated carbocycles. The van der Waals surface area contributed by atoms with E-state index in [1.165, 1.54) is 6.07 Å². The molecule has 2 aromatic heterocycles. The van der Waals surface area contributed by atoms with Crippen molar-refractivity contribution in [2.75, 3.05) is 0 Å². The first-order chi connectivity index (χ1) is 12.4. The number of aryl methyl sites for hydroxylation is 1. The van der Waals surface area contributed by atoms with Crippen LogP contribution >= 0.6 is 0 Å². The van der Waals surface area contributed by atoms with Gasteiger partial charge in [0.2, 0.25) is 0 Å². The molecule has 0 unspecified atom stereocenters. The van der Waals surface area contributed by atoms with Crippen LogP contribution in [-0.2, 0) is 0 Å². The third kappa shape index (κ3) is 2.94. The molecule has 1 aromatic carbocycles. The van der Waals surface area contributed by atoms with Crippen LogP contribution in [0.15, 0.2) is 28.8 Å². The summed E-state index contributed by atoms with van der Waals surface area (Å²) in [4.78, 5) is 17.3. The van der Waals surface area contributed by atoms with E-state index in [9.17, 15) is 13.6 Å². The predicted molar refractivity (Wildman–Crippen MR) is 90.8 cm³/mol. The number of halogens is 2. The molecule has 1 amide bonds. The summed E-state index contributed by atoms with van der Waals surface area (Å²) < 4.78 is 31.8. The third-order valence-electron chi connectivity index (χ3n) is 4.67. The van der Waals surface area contributed by atoms with E-state index in [0.29, 0.717) is 33.8 Å². The number of hydrogen-bond acceptors (Lipinski definition) is 4. The van der Waals surface area contributed by atoms with Crippen molar-refractivity contribution in [3.63, 3.8) is 0 Å². The standard InChI is InChI=1S/C19H17F2N3O2/c1-9(12-5-6-14(20)15(21)7-12)22-18(25)13-8-16(11-3-4-11)23-19-17(13)10(2)24-26-19/h5-9,11H,3-4H2,1-2H3,(H,22,25)/t9-/m0/s1. The molecule has 0 saturated heterocycles. The van der Waals surface area contributed by atoms with Crippen molar-refractivity contribution in [1.82, 2.24) is 15.5 Å². The second-order valence-electron chi connectivity index (χ2n) is 6.69. The fourth-order valence-corrected chi connectivity index (χ4v) is 3.02. The fourth-order valence-electron chi connectivity index (χ4n) is 3.02. The molecular weight excluding hydrogens is 340 g/mol. The van der Waals surface area contributed by atoms with Gasteiger partial charge < -0.3 is 9.84 Å². The van der Waals surface area contributed by atoms with Gasteiger partial charge in [0.1, 0.15) is 0 Å². The van der Waals surface area contributed by atoms with Crippen LogP contribution in [0.2, 0.25) is 0 Å². The van der Waals surface area contributed by atoms with Gasteiger partial charge in [-0.3, -0.25) is 4.79 Å². The van der Waals surface area contributed by atoms with E-state index in [1.807, 2.05) is 0 Å². The summed E-state index contributed by atoms with van der Waals surface area (Å²) in [5.41, 5.74) is 2.66. The molecule has 26 heavy (non-hydrogen) atoms. The summed E-state index contributed by atoms with van der Waals surface area (Å²) >= 11 is 0. The maximum atomic E-state index is 13.5. The molecule has 0 aliphatic heterocycles. The Kier molecular flexibility index (Phi) is 3.94. The molecule has 134 valence electrons. The van der Waals surface area contributed by atoms with Crippen molar-refractivity contribution in [1.29, 1.82) is 0 Å². The van der Waals surface area contributed by atoms with Gasteiger partial charge in [-0.05, 0) is 50.5 Å². The topological polar surface area (TPSA) is 68.0 Å². The van der Waals surface area contributed by atoms with E-state index in [0.717, 1.165) is 30.7 Å². The van der Waals surface area contributed by atoms with Crippen LogP contribution in [0.5, 0.6) is 0 Å². The number of rotatable bonds is 4. The summed E-state index contributed by atoms with van der Waals surface area (Å²) in [6, 6.07) is 4.87. The highest BCUT2D eigenvalue weighted by Gasteiger charge is 2.29. The highest BCUT2D eigenvalue weighted by molar-refractivity contribution is 6.06. The number of fused-ring (bicyclic) bond motifs is 1. The Hall–Kier alpha value is -2.83. The Morgan fingerprint density at radius 3 is 2.73 bits per heavy atom. The van der Waals surface area contributed by atoms with Crippen molar-refractivity contribution in [2.24, 2.45) is 0 Å². The van der Waals surface area contributed by atoms with E-state index >= 15 is 0 Å². The van der Waals surface area contributed by atoms with Gasteiger partial charge in [-0.25, -0.2) is 13.8 Å². The predicted octanol–water partition coefficient (Wildman–Crippen LogP) is 4.18. The second-order valence-corrected chi connectivity index (χ2v) is 6.69. The molecule has 7 heteroatoms. The molecule has 1 fully saturated rings. The van der Waals surface area contributed by atoms with E-state index in [4.69, 9.17) is 4.52 Å². The Morgan fingerprint density at radius 1 is 1.27 bits per heavy atom. The van der Waals surface area contributed by atoms with Gasteiger partial charge in [0.25, 0.3) is 11.6 Å². The Labute approximate surface area is 148 Å². The first kappa shape index (κ1) is 16.6. The van der Waals surface area contributed by atoms with E-state index in [1.54, 1.807) is 19.9 Å². The number of hydrogen-bond donors (Lipinski definition) is 1. The molecule has 2 heterocycles. The first-order valence-electron chi connectivity index (χ1n) is 8.46. The van der Waals surface area contributed by atoms with Crippen LogP contribution in [0.1, 0.15) is 59.0 Å². The number of aromatic nitrogens is 2. The van der Waals surface area contributed by atoms with Crippen LogP contribution in [0.25, 0.3) is 11.1 Å². The van der Waals surface area contributed by atoms with Crippen LogP contribution in [-0.4, -0.2) is 16.0 Å². The Bertz CT molecular complexity index is 1010. The van der Waals surface area contributed by atoms with Crippen molar-refractivity contribution >= 4 is 17.0 Å². The van der Waals surface area contributed by atoms with Gasteiger partial charge in [0, 0.05) is 11.6 Å². The minimum atomic E-state index is -0.944. The molecule has 1 atom stereocenters. The quantitative estimate of drug-likeness (QED) is 0.761. The summed E-state index contributed by atoms with van der Waals surface area (Å²) in [5.74, 6) is -1.85. The zero-order valence-electron chi connectivity index (χ0n) is 14.3. The number of carbonyl (C=O) groups is 1. The van der Waals surface area contributed by atoms with Crippen molar-refractivity contribution < 1.29 is 18.1 Å². The number of nitrogens with zero attached hydrogens (tertiary/aromatic N) is 2. The SMILES string of the molecule is Cc1noc2nc(C3CC3)cc(C(=O)N[C@@H](C)c3ccc(F)c(F)c3)c12. The summed E-state index contributed by atoms with van der Waals surface area (Å²) in [6.07, 6.45) is 2.08. The highest BCUT2D eigenvalue weighted by atomic mass is 19.2. The fraction of sp³-hybridized carbons (Fsp3) is 0.316. The summed E-state index contributed by atoms with van der Waals surface area (Å²) in [5, 5.41) is 7.31. The number of benzene rings is 1. The third-order valence-corrected chi connectivity index (χ3v) is 4.67. The van der Waals surface area contributed by atoms with Gasteiger partial charge in [-0.1, -0.05) is 11.2 Å². The number of amides is 1. The Balaban J connectivity index is 1.67. The molecule has 0 radical (unpaired) electrons. The van der Waals surface area contributed by atoms with Crippen LogP contribution in [0.4, 0.5) is 8.78 Å². The number of pyridine rings is 1.